The van der Waals surface area contributed by atoms with Crippen molar-refractivity contribution in [2.75, 3.05) is 11.9 Å². The van der Waals surface area contributed by atoms with Gasteiger partial charge in [0.1, 0.15) is 5.75 Å². The lowest BCUT2D eigenvalue weighted by atomic mass is 10.2. The van der Waals surface area contributed by atoms with E-state index in [1.807, 2.05) is 6.07 Å². The van der Waals surface area contributed by atoms with Crippen molar-refractivity contribution in [3.8, 4) is 5.75 Å². The number of benzene rings is 2. The molecular formula is C18H18BrClN2O2S. The molecule has 0 aliphatic heterocycles. The molecule has 0 atom stereocenters. The molecule has 2 aromatic carbocycles. The summed E-state index contributed by atoms with van der Waals surface area (Å²) < 4.78 is 6.46. The molecular weight excluding hydrogens is 424 g/mol. The fourth-order valence-electron chi connectivity index (χ4n) is 1.89. The summed E-state index contributed by atoms with van der Waals surface area (Å²) in [5.74, 6) is 0.866. The number of rotatable bonds is 5. The van der Waals surface area contributed by atoms with Gasteiger partial charge in [-0.2, -0.15) is 0 Å². The highest BCUT2D eigenvalue weighted by atomic mass is 79.9. The van der Waals surface area contributed by atoms with Crippen molar-refractivity contribution in [1.82, 2.24) is 5.32 Å². The van der Waals surface area contributed by atoms with Crippen molar-refractivity contribution in [1.29, 1.82) is 0 Å². The minimum Gasteiger partial charge on any atom is -0.493 e. The van der Waals surface area contributed by atoms with Crippen molar-refractivity contribution in [2.24, 2.45) is 5.92 Å². The fourth-order valence-corrected chi connectivity index (χ4v) is 2.81. The topological polar surface area (TPSA) is 50.4 Å². The zero-order valence-corrected chi connectivity index (χ0v) is 17.0. The van der Waals surface area contributed by atoms with Crippen molar-refractivity contribution in [2.45, 2.75) is 13.8 Å². The van der Waals surface area contributed by atoms with Crippen molar-refractivity contribution in [3.63, 3.8) is 0 Å². The molecule has 0 aliphatic rings. The van der Waals surface area contributed by atoms with Gasteiger partial charge in [0.15, 0.2) is 5.11 Å². The molecule has 2 N–H and O–H groups in total. The molecule has 0 heterocycles. The summed E-state index contributed by atoms with van der Waals surface area (Å²) in [6.07, 6.45) is 0. The summed E-state index contributed by atoms with van der Waals surface area (Å²) in [5, 5.41) is 6.20. The monoisotopic (exact) mass is 440 g/mol. The zero-order chi connectivity index (χ0) is 18.4. The molecule has 7 heteroatoms. The number of anilines is 1. The van der Waals surface area contributed by atoms with E-state index in [-0.39, 0.29) is 11.0 Å². The van der Waals surface area contributed by atoms with Gasteiger partial charge in [0.25, 0.3) is 5.91 Å². The number of carbonyl (C=O) groups excluding carboxylic acids is 1. The maximum atomic E-state index is 12.2. The van der Waals surface area contributed by atoms with Gasteiger partial charge in [-0.15, -0.1) is 0 Å². The van der Waals surface area contributed by atoms with Gasteiger partial charge in [0.2, 0.25) is 0 Å². The van der Waals surface area contributed by atoms with Crippen LogP contribution in [0.25, 0.3) is 0 Å². The predicted molar refractivity (Wildman–Crippen MR) is 110 cm³/mol. The summed E-state index contributed by atoms with van der Waals surface area (Å²) in [6, 6.07) is 12.3. The van der Waals surface area contributed by atoms with Crippen LogP contribution >= 0.6 is 39.7 Å². The molecule has 0 saturated heterocycles. The molecule has 25 heavy (non-hydrogen) atoms. The molecule has 132 valence electrons. The lowest BCUT2D eigenvalue weighted by Crippen LogP contribution is -2.34. The summed E-state index contributed by atoms with van der Waals surface area (Å²) in [4.78, 5) is 12.2. The van der Waals surface area contributed by atoms with Gasteiger partial charge in [-0.05, 0) is 60.6 Å². The average Bonchev–Trinajstić information content (AvgIpc) is 2.56. The van der Waals surface area contributed by atoms with E-state index < -0.39 is 0 Å². The SMILES string of the molecule is CC(C)COc1ccc(C(=O)NC(=S)Nc2ccc(Br)cc2Cl)cc1. The van der Waals surface area contributed by atoms with E-state index in [1.54, 1.807) is 36.4 Å². The molecule has 0 fully saturated rings. The molecule has 0 unspecified atom stereocenters. The van der Waals surface area contributed by atoms with Crippen LogP contribution < -0.4 is 15.4 Å². The first-order valence-electron chi connectivity index (χ1n) is 7.65. The minimum atomic E-state index is -0.304. The quantitative estimate of drug-likeness (QED) is 0.621. The Kier molecular flexibility index (Phi) is 7.23. The van der Waals surface area contributed by atoms with Gasteiger partial charge in [-0.3, -0.25) is 10.1 Å². The third-order valence-corrected chi connectivity index (χ3v) is 4.12. The van der Waals surface area contributed by atoms with E-state index in [4.69, 9.17) is 28.6 Å². The molecule has 0 saturated carbocycles. The number of hydrogen-bond donors (Lipinski definition) is 2. The lowest BCUT2D eigenvalue weighted by Gasteiger charge is -2.12. The maximum absolute atomic E-state index is 12.2. The average molecular weight is 442 g/mol. The largest absolute Gasteiger partial charge is 0.493 e. The summed E-state index contributed by atoms with van der Waals surface area (Å²) in [6.45, 7) is 4.79. The second-order valence-electron chi connectivity index (χ2n) is 5.76. The molecule has 2 aromatic rings. The van der Waals surface area contributed by atoms with Gasteiger partial charge < -0.3 is 10.1 Å². The number of hydrogen-bond acceptors (Lipinski definition) is 3. The van der Waals surface area contributed by atoms with E-state index in [9.17, 15) is 4.79 Å². The highest BCUT2D eigenvalue weighted by molar-refractivity contribution is 9.10. The third kappa shape index (κ3) is 6.30. The van der Waals surface area contributed by atoms with Gasteiger partial charge in [0.05, 0.1) is 17.3 Å². The molecule has 0 radical (unpaired) electrons. The van der Waals surface area contributed by atoms with E-state index in [0.717, 1.165) is 10.2 Å². The molecule has 0 aliphatic carbocycles. The Morgan fingerprint density at radius 2 is 1.92 bits per heavy atom. The van der Waals surface area contributed by atoms with Crippen molar-refractivity contribution in [3.05, 3.63) is 57.5 Å². The van der Waals surface area contributed by atoms with Crippen molar-refractivity contribution < 1.29 is 9.53 Å². The first-order valence-corrected chi connectivity index (χ1v) is 9.23. The highest BCUT2D eigenvalue weighted by Gasteiger charge is 2.10. The molecule has 4 nitrogen and oxygen atoms in total. The first-order chi connectivity index (χ1) is 11.8. The van der Waals surface area contributed by atoms with Crippen LogP contribution in [-0.2, 0) is 0 Å². The Bertz CT molecular complexity index is 766. The van der Waals surface area contributed by atoms with E-state index in [2.05, 4.69) is 40.4 Å². The van der Waals surface area contributed by atoms with Crippen LogP contribution in [0, 0.1) is 5.92 Å². The van der Waals surface area contributed by atoms with Crippen LogP contribution in [0.5, 0.6) is 5.75 Å². The maximum Gasteiger partial charge on any atom is 0.257 e. The number of amides is 1. The summed E-state index contributed by atoms with van der Waals surface area (Å²) in [7, 11) is 0. The lowest BCUT2D eigenvalue weighted by molar-refractivity contribution is 0.0977. The Morgan fingerprint density at radius 3 is 2.52 bits per heavy atom. The van der Waals surface area contributed by atoms with Gasteiger partial charge >= 0.3 is 0 Å². The normalized spacial score (nSPS) is 10.4. The summed E-state index contributed by atoms with van der Waals surface area (Å²) >= 11 is 14.6. The van der Waals surface area contributed by atoms with Gasteiger partial charge in [-0.25, -0.2) is 0 Å². The van der Waals surface area contributed by atoms with Crippen LogP contribution in [0.3, 0.4) is 0 Å². The molecule has 1 amide bonds. The Balaban J connectivity index is 1.93. The number of halogens is 2. The van der Waals surface area contributed by atoms with Crippen LogP contribution in [0.4, 0.5) is 5.69 Å². The number of carbonyl (C=O) groups is 1. The molecule has 0 bridgehead atoms. The molecule has 0 aromatic heterocycles. The standard InChI is InChI=1S/C18H18BrClN2O2S/c1-11(2)10-24-14-6-3-12(4-7-14)17(23)22-18(25)21-16-8-5-13(19)9-15(16)20/h3-9,11H,10H2,1-2H3,(H2,21,22,23,25). The predicted octanol–water partition coefficient (Wildman–Crippen LogP) is 5.26. The smallest absolute Gasteiger partial charge is 0.257 e. The fraction of sp³-hybridized carbons (Fsp3) is 0.222. The van der Waals surface area contributed by atoms with Gasteiger partial charge in [0, 0.05) is 10.0 Å². The number of thiocarbonyl (C=S) groups is 1. The Labute approximate surface area is 166 Å². The third-order valence-electron chi connectivity index (χ3n) is 3.11. The first kappa shape index (κ1) is 19.7. The highest BCUT2D eigenvalue weighted by Crippen LogP contribution is 2.25. The zero-order valence-electron chi connectivity index (χ0n) is 13.8. The van der Waals surface area contributed by atoms with Gasteiger partial charge in [-0.1, -0.05) is 41.4 Å². The summed E-state index contributed by atoms with van der Waals surface area (Å²) in [5.41, 5.74) is 1.11. The number of ether oxygens (including phenoxy) is 1. The molecule has 2 rings (SSSR count). The van der Waals surface area contributed by atoms with E-state index in [1.165, 1.54) is 0 Å². The van der Waals surface area contributed by atoms with Crippen molar-refractivity contribution >= 4 is 56.5 Å². The van der Waals surface area contributed by atoms with E-state index >= 15 is 0 Å². The van der Waals surface area contributed by atoms with Crippen LogP contribution in [0.1, 0.15) is 24.2 Å². The second kappa shape index (κ2) is 9.17. The van der Waals surface area contributed by atoms with Crippen LogP contribution in [-0.4, -0.2) is 17.6 Å². The second-order valence-corrected chi connectivity index (χ2v) is 7.49. The van der Waals surface area contributed by atoms with E-state index in [0.29, 0.717) is 28.8 Å². The minimum absolute atomic E-state index is 0.175. The molecule has 0 spiro atoms. The van der Waals surface area contributed by atoms with Crippen LogP contribution in [0.15, 0.2) is 46.9 Å². The Hall–Kier alpha value is -1.63. The Morgan fingerprint density at radius 1 is 1.24 bits per heavy atom. The number of nitrogens with one attached hydrogen (secondary N) is 2. The van der Waals surface area contributed by atoms with Crippen LogP contribution in [0.2, 0.25) is 5.02 Å².